The third-order valence-electron chi connectivity index (χ3n) is 4.93. The van der Waals surface area contributed by atoms with E-state index in [1.807, 2.05) is 43.3 Å². The Morgan fingerprint density at radius 2 is 1.76 bits per heavy atom. The van der Waals surface area contributed by atoms with Crippen molar-refractivity contribution in [1.82, 2.24) is 4.31 Å². The Bertz CT molecular complexity index is 937. The van der Waals surface area contributed by atoms with Crippen molar-refractivity contribution >= 4 is 21.4 Å². The average Bonchev–Trinajstić information content (AvgIpc) is 3.21. The van der Waals surface area contributed by atoms with E-state index in [1.54, 1.807) is 0 Å². The highest BCUT2D eigenvalue weighted by molar-refractivity contribution is 7.89. The minimum Gasteiger partial charge on any atom is -0.378 e. The Labute approximate surface area is 170 Å². The van der Waals surface area contributed by atoms with Gasteiger partial charge in [-0.25, -0.2) is 8.42 Å². The Balaban J connectivity index is 1.87. The van der Waals surface area contributed by atoms with Gasteiger partial charge in [-0.05, 0) is 42.7 Å². The standard InChI is InChI=1S/C20H25N3O5S/c1-21(2)17-7-5-16(6-8-17)14-22(15-19-4-3-13-28-19)29(26,27)20-11-9-18(10-12-20)23(24)25/h5-12,19H,3-4,13-15H2,1-2H3/t19-/m1/s1. The fourth-order valence-corrected chi connectivity index (χ4v) is 4.71. The highest BCUT2D eigenvalue weighted by Gasteiger charge is 2.29. The number of ether oxygens (including phenoxy) is 1. The largest absolute Gasteiger partial charge is 0.378 e. The first-order valence-corrected chi connectivity index (χ1v) is 10.8. The maximum absolute atomic E-state index is 13.3. The first kappa shape index (κ1) is 21.2. The van der Waals surface area contributed by atoms with Crippen LogP contribution in [-0.2, 0) is 21.3 Å². The first-order valence-electron chi connectivity index (χ1n) is 9.40. The topological polar surface area (TPSA) is 93.0 Å². The van der Waals surface area contributed by atoms with Crippen LogP contribution in [0.4, 0.5) is 11.4 Å². The number of anilines is 1. The lowest BCUT2D eigenvalue weighted by Crippen LogP contribution is -2.37. The molecule has 0 aromatic heterocycles. The molecule has 0 N–H and O–H groups in total. The summed E-state index contributed by atoms with van der Waals surface area (Å²) in [5, 5.41) is 10.9. The minimum absolute atomic E-state index is 0.0333. The van der Waals surface area contributed by atoms with Crippen molar-refractivity contribution in [1.29, 1.82) is 0 Å². The van der Waals surface area contributed by atoms with E-state index in [2.05, 4.69) is 0 Å². The molecule has 1 aliphatic rings. The molecule has 0 radical (unpaired) electrons. The van der Waals surface area contributed by atoms with Gasteiger partial charge in [-0.3, -0.25) is 10.1 Å². The maximum Gasteiger partial charge on any atom is 0.269 e. The summed E-state index contributed by atoms with van der Waals surface area (Å²) in [5.41, 5.74) is 1.74. The van der Waals surface area contributed by atoms with Gasteiger partial charge in [0.1, 0.15) is 0 Å². The molecule has 0 unspecified atom stereocenters. The van der Waals surface area contributed by atoms with Gasteiger partial charge in [0.2, 0.25) is 10.0 Å². The number of non-ortho nitro benzene ring substituents is 1. The second-order valence-corrected chi connectivity index (χ2v) is 9.18. The van der Waals surface area contributed by atoms with Crippen LogP contribution in [0.1, 0.15) is 18.4 Å². The zero-order valence-electron chi connectivity index (χ0n) is 16.5. The van der Waals surface area contributed by atoms with E-state index in [0.29, 0.717) is 6.61 Å². The van der Waals surface area contributed by atoms with Crippen LogP contribution in [0.25, 0.3) is 0 Å². The summed E-state index contributed by atoms with van der Waals surface area (Å²) in [6, 6.07) is 12.7. The van der Waals surface area contributed by atoms with Crippen LogP contribution >= 0.6 is 0 Å². The molecule has 2 aromatic rings. The number of nitro groups is 1. The summed E-state index contributed by atoms with van der Waals surface area (Å²) in [4.78, 5) is 12.3. The van der Waals surface area contributed by atoms with E-state index in [-0.39, 0.29) is 29.8 Å². The quantitative estimate of drug-likeness (QED) is 0.482. The molecule has 0 spiro atoms. The van der Waals surface area contributed by atoms with E-state index in [9.17, 15) is 18.5 Å². The van der Waals surface area contributed by atoms with Crippen molar-refractivity contribution in [3.8, 4) is 0 Å². The van der Waals surface area contributed by atoms with Gasteiger partial charge in [-0.15, -0.1) is 0 Å². The predicted octanol–water partition coefficient (Wildman–Crippen LogP) is 3.03. The number of nitro benzene ring substituents is 1. The second-order valence-electron chi connectivity index (χ2n) is 7.24. The lowest BCUT2D eigenvalue weighted by Gasteiger charge is -2.25. The average molecular weight is 420 g/mol. The summed E-state index contributed by atoms with van der Waals surface area (Å²) in [5.74, 6) is 0. The minimum atomic E-state index is -3.84. The molecule has 1 aliphatic heterocycles. The number of benzene rings is 2. The Hall–Kier alpha value is -2.49. The van der Waals surface area contributed by atoms with Gasteiger partial charge in [0.25, 0.3) is 5.69 Å². The third kappa shape index (κ3) is 5.11. The van der Waals surface area contributed by atoms with E-state index in [1.165, 1.54) is 28.6 Å². The summed E-state index contributed by atoms with van der Waals surface area (Å²) in [6.45, 7) is 1.08. The van der Waals surface area contributed by atoms with Gasteiger partial charge in [-0.1, -0.05) is 12.1 Å². The van der Waals surface area contributed by atoms with Gasteiger partial charge in [-0.2, -0.15) is 4.31 Å². The number of nitrogens with zero attached hydrogens (tertiary/aromatic N) is 3. The molecule has 1 atom stereocenters. The van der Waals surface area contributed by atoms with E-state index in [4.69, 9.17) is 4.74 Å². The number of hydrogen-bond donors (Lipinski definition) is 0. The SMILES string of the molecule is CN(C)c1ccc(CN(C[C@H]2CCCO2)S(=O)(=O)c2ccc([N+](=O)[O-])cc2)cc1. The van der Waals surface area contributed by atoms with Crippen LogP contribution in [-0.4, -0.2) is 51.0 Å². The van der Waals surface area contributed by atoms with Crippen molar-refractivity contribution < 1.29 is 18.1 Å². The lowest BCUT2D eigenvalue weighted by atomic mass is 10.2. The van der Waals surface area contributed by atoms with Crippen LogP contribution in [0.3, 0.4) is 0 Å². The van der Waals surface area contributed by atoms with Gasteiger partial charge >= 0.3 is 0 Å². The number of rotatable bonds is 8. The fourth-order valence-electron chi connectivity index (χ4n) is 3.26. The first-order chi connectivity index (χ1) is 13.8. The zero-order chi connectivity index (χ0) is 21.0. The van der Waals surface area contributed by atoms with Crippen LogP contribution in [0.2, 0.25) is 0 Å². The molecule has 0 saturated carbocycles. The Morgan fingerprint density at radius 1 is 1.10 bits per heavy atom. The Morgan fingerprint density at radius 3 is 2.28 bits per heavy atom. The molecule has 1 fully saturated rings. The van der Waals surface area contributed by atoms with Crippen LogP contribution < -0.4 is 4.90 Å². The van der Waals surface area contributed by atoms with Gasteiger partial charge in [0.15, 0.2) is 0 Å². The molecule has 29 heavy (non-hydrogen) atoms. The molecule has 9 heteroatoms. The van der Waals surface area contributed by atoms with Gasteiger partial charge < -0.3 is 9.64 Å². The third-order valence-corrected chi connectivity index (χ3v) is 6.75. The molecular weight excluding hydrogens is 394 g/mol. The normalized spacial score (nSPS) is 16.9. The summed E-state index contributed by atoms with van der Waals surface area (Å²) in [6.07, 6.45) is 1.57. The van der Waals surface area contributed by atoms with Crippen LogP contribution in [0, 0.1) is 10.1 Å². The molecule has 2 aromatic carbocycles. The van der Waals surface area contributed by atoms with E-state index >= 15 is 0 Å². The number of sulfonamides is 1. The smallest absolute Gasteiger partial charge is 0.269 e. The molecule has 1 heterocycles. The Kier molecular flexibility index (Phi) is 6.51. The van der Waals surface area contributed by atoms with Crippen molar-refractivity contribution in [3.05, 3.63) is 64.2 Å². The fraction of sp³-hybridized carbons (Fsp3) is 0.400. The maximum atomic E-state index is 13.3. The van der Waals surface area contributed by atoms with Crippen LogP contribution in [0.15, 0.2) is 53.4 Å². The highest BCUT2D eigenvalue weighted by Crippen LogP contribution is 2.24. The summed E-state index contributed by atoms with van der Waals surface area (Å²) < 4.78 is 33.6. The van der Waals surface area contributed by atoms with Crippen LogP contribution in [0.5, 0.6) is 0 Å². The molecule has 0 aliphatic carbocycles. The molecular formula is C20H25N3O5S. The van der Waals surface area contributed by atoms with E-state index in [0.717, 1.165) is 24.1 Å². The van der Waals surface area contributed by atoms with Crippen molar-refractivity contribution in [2.24, 2.45) is 0 Å². The monoisotopic (exact) mass is 419 g/mol. The van der Waals surface area contributed by atoms with Gasteiger partial charge in [0.05, 0.1) is 15.9 Å². The van der Waals surface area contributed by atoms with Crippen molar-refractivity contribution in [3.63, 3.8) is 0 Å². The predicted molar refractivity (Wildman–Crippen MR) is 110 cm³/mol. The number of hydrogen-bond acceptors (Lipinski definition) is 6. The molecule has 0 bridgehead atoms. The molecule has 0 amide bonds. The molecule has 3 rings (SSSR count). The highest BCUT2D eigenvalue weighted by atomic mass is 32.2. The zero-order valence-corrected chi connectivity index (χ0v) is 17.3. The van der Waals surface area contributed by atoms with Crippen molar-refractivity contribution in [2.75, 3.05) is 32.1 Å². The summed E-state index contributed by atoms with van der Waals surface area (Å²) in [7, 11) is 0.0492. The van der Waals surface area contributed by atoms with Gasteiger partial charge in [0, 0.05) is 51.6 Å². The molecule has 156 valence electrons. The molecule has 1 saturated heterocycles. The van der Waals surface area contributed by atoms with E-state index < -0.39 is 14.9 Å². The lowest BCUT2D eigenvalue weighted by molar-refractivity contribution is -0.384. The summed E-state index contributed by atoms with van der Waals surface area (Å²) >= 11 is 0. The molecule has 8 nitrogen and oxygen atoms in total. The van der Waals surface area contributed by atoms with Crippen molar-refractivity contribution in [2.45, 2.75) is 30.4 Å². The second kappa shape index (κ2) is 8.89.